The van der Waals surface area contributed by atoms with Gasteiger partial charge in [-0.2, -0.15) is 0 Å². The average Bonchev–Trinajstić information content (AvgIpc) is 3.26. The Morgan fingerprint density at radius 2 is 1.73 bits per heavy atom. The summed E-state index contributed by atoms with van der Waals surface area (Å²) in [6, 6.07) is 19.2. The van der Waals surface area contributed by atoms with Crippen molar-refractivity contribution in [3.63, 3.8) is 0 Å². The number of para-hydroxylation sites is 1. The number of rotatable bonds is 10. The summed E-state index contributed by atoms with van der Waals surface area (Å²) in [4.78, 5) is 26.4. The molecule has 0 radical (unpaired) electrons. The highest BCUT2D eigenvalue weighted by Gasteiger charge is 2.13. The van der Waals surface area contributed by atoms with E-state index in [9.17, 15) is 9.59 Å². The fourth-order valence-electron chi connectivity index (χ4n) is 4.08. The average molecular weight is 518 g/mol. The maximum atomic E-state index is 12.7. The second kappa shape index (κ2) is 11.9. The number of aromatic nitrogens is 1. The zero-order chi connectivity index (χ0) is 26.4. The van der Waals surface area contributed by atoms with Crippen LogP contribution in [0.5, 0.6) is 11.5 Å². The normalized spacial score (nSPS) is 10.8. The number of nitrogens with one attached hydrogen (secondary N) is 2. The first-order chi connectivity index (χ1) is 17.9. The van der Waals surface area contributed by atoms with E-state index < -0.39 is 0 Å². The highest BCUT2D eigenvalue weighted by molar-refractivity contribution is 8.00. The molecule has 0 aliphatic heterocycles. The van der Waals surface area contributed by atoms with Crippen LogP contribution >= 0.6 is 11.8 Å². The van der Waals surface area contributed by atoms with Gasteiger partial charge < -0.3 is 24.7 Å². The van der Waals surface area contributed by atoms with E-state index in [0.717, 1.165) is 32.6 Å². The van der Waals surface area contributed by atoms with E-state index >= 15 is 0 Å². The molecule has 37 heavy (non-hydrogen) atoms. The number of carbonyl (C=O) groups excluding carboxylic acids is 2. The predicted molar refractivity (Wildman–Crippen MR) is 149 cm³/mol. The van der Waals surface area contributed by atoms with E-state index in [1.165, 1.54) is 11.8 Å². The highest BCUT2D eigenvalue weighted by atomic mass is 32.2. The number of thioether (sulfide) groups is 1. The molecular weight excluding hydrogens is 486 g/mol. The molecule has 4 aromatic rings. The van der Waals surface area contributed by atoms with E-state index in [-0.39, 0.29) is 11.8 Å². The van der Waals surface area contributed by atoms with Crippen LogP contribution in [-0.4, -0.2) is 42.9 Å². The van der Waals surface area contributed by atoms with Crippen LogP contribution in [0.25, 0.3) is 10.9 Å². The Morgan fingerprint density at radius 3 is 2.51 bits per heavy atom. The van der Waals surface area contributed by atoms with Gasteiger partial charge in [-0.3, -0.25) is 9.59 Å². The Balaban J connectivity index is 1.39. The molecule has 1 heterocycles. The van der Waals surface area contributed by atoms with Crippen molar-refractivity contribution < 1.29 is 19.1 Å². The molecule has 4 rings (SSSR count). The number of carbonyl (C=O) groups is 2. The number of anilines is 1. The number of hydrogen-bond donors (Lipinski definition) is 2. The molecule has 2 N–H and O–H groups in total. The molecular formula is C29H31N3O4S. The Hall–Kier alpha value is -3.91. The molecule has 0 saturated heterocycles. The lowest BCUT2D eigenvalue weighted by Crippen LogP contribution is -2.27. The lowest BCUT2D eigenvalue weighted by molar-refractivity contribution is -0.113. The molecule has 1 aromatic heterocycles. The maximum absolute atomic E-state index is 12.7. The fourth-order valence-corrected chi connectivity index (χ4v) is 4.97. The van der Waals surface area contributed by atoms with Crippen molar-refractivity contribution in [1.82, 2.24) is 9.88 Å². The summed E-state index contributed by atoms with van der Waals surface area (Å²) in [5, 5.41) is 7.08. The number of nitrogens with zero attached hydrogens (tertiary/aromatic N) is 1. The monoisotopic (exact) mass is 517 g/mol. The first kappa shape index (κ1) is 26.2. The summed E-state index contributed by atoms with van der Waals surface area (Å²) in [7, 11) is 3.10. The van der Waals surface area contributed by atoms with Gasteiger partial charge in [0.1, 0.15) is 0 Å². The van der Waals surface area contributed by atoms with Crippen molar-refractivity contribution in [3.8, 4) is 11.5 Å². The van der Waals surface area contributed by atoms with Crippen LogP contribution in [0.4, 0.5) is 5.69 Å². The lowest BCUT2D eigenvalue weighted by atomic mass is 10.1. The van der Waals surface area contributed by atoms with Gasteiger partial charge in [-0.1, -0.05) is 30.3 Å². The third-order valence-corrected chi connectivity index (χ3v) is 7.10. The summed E-state index contributed by atoms with van der Waals surface area (Å²) < 4.78 is 12.6. The van der Waals surface area contributed by atoms with Crippen molar-refractivity contribution in [3.05, 3.63) is 83.6 Å². The zero-order valence-corrected chi connectivity index (χ0v) is 22.3. The standard InChI is InChI=1S/C29H31N3O4S/c1-19-9-10-20(2)23(15-19)31-28(33)18-37-27-17-32(24-8-6-5-7-22(24)27)14-13-30-29(34)21-11-12-25(35-3)26(16-21)36-4/h5-12,15-17H,13-14,18H2,1-4H3,(H,30,34)(H,31,33). The SMILES string of the molecule is COc1ccc(C(=O)NCCn2cc(SCC(=O)Nc3cc(C)ccc3C)c3ccccc32)cc1OC. The summed E-state index contributed by atoms with van der Waals surface area (Å²) in [6.45, 7) is 5.03. The van der Waals surface area contributed by atoms with Gasteiger partial charge in [0.05, 0.1) is 20.0 Å². The van der Waals surface area contributed by atoms with E-state index in [2.05, 4.69) is 21.3 Å². The lowest BCUT2D eigenvalue weighted by Gasteiger charge is -2.10. The van der Waals surface area contributed by atoms with Gasteiger partial charge in [-0.25, -0.2) is 0 Å². The molecule has 3 aromatic carbocycles. The molecule has 0 aliphatic rings. The van der Waals surface area contributed by atoms with Crippen LogP contribution in [0.2, 0.25) is 0 Å². The van der Waals surface area contributed by atoms with Gasteiger partial charge in [0.2, 0.25) is 5.91 Å². The fraction of sp³-hybridized carbons (Fsp3) is 0.241. The van der Waals surface area contributed by atoms with E-state index in [0.29, 0.717) is 35.9 Å². The van der Waals surface area contributed by atoms with Crippen LogP contribution in [0.15, 0.2) is 71.8 Å². The van der Waals surface area contributed by atoms with Crippen LogP contribution in [0.1, 0.15) is 21.5 Å². The van der Waals surface area contributed by atoms with Crippen molar-refractivity contribution in [2.24, 2.45) is 0 Å². The number of benzene rings is 3. The predicted octanol–water partition coefficient (Wildman–Crippen LogP) is 5.44. The van der Waals surface area contributed by atoms with Crippen LogP contribution in [0, 0.1) is 13.8 Å². The number of amides is 2. The smallest absolute Gasteiger partial charge is 0.251 e. The molecule has 8 heteroatoms. The maximum Gasteiger partial charge on any atom is 0.251 e. The van der Waals surface area contributed by atoms with E-state index in [1.807, 2.05) is 56.4 Å². The van der Waals surface area contributed by atoms with Crippen molar-refractivity contribution in [2.45, 2.75) is 25.3 Å². The minimum absolute atomic E-state index is 0.0438. The molecule has 0 spiro atoms. The quantitative estimate of drug-likeness (QED) is 0.274. The minimum Gasteiger partial charge on any atom is -0.493 e. The third kappa shape index (κ3) is 6.27. The Morgan fingerprint density at radius 1 is 0.946 bits per heavy atom. The Labute approximate surface area is 221 Å². The van der Waals surface area contributed by atoms with E-state index in [4.69, 9.17) is 9.47 Å². The molecule has 0 saturated carbocycles. The van der Waals surface area contributed by atoms with Crippen molar-refractivity contribution >= 4 is 40.2 Å². The highest BCUT2D eigenvalue weighted by Crippen LogP contribution is 2.30. The third-order valence-electron chi connectivity index (χ3n) is 6.06. The van der Waals surface area contributed by atoms with Crippen LogP contribution < -0.4 is 20.1 Å². The summed E-state index contributed by atoms with van der Waals surface area (Å²) >= 11 is 1.51. The number of fused-ring (bicyclic) bond motifs is 1. The molecule has 2 amide bonds. The first-order valence-corrected chi connectivity index (χ1v) is 13.0. The van der Waals surface area contributed by atoms with Crippen molar-refractivity contribution in [2.75, 3.05) is 31.8 Å². The molecule has 0 fully saturated rings. The van der Waals surface area contributed by atoms with Crippen molar-refractivity contribution in [1.29, 1.82) is 0 Å². The van der Waals surface area contributed by atoms with Gasteiger partial charge in [0.15, 0.2) is 11.5 Å². The first-order valence-electron chi connectivity index (χ1n) is 12.0. The van der Waals surface area contributed by atoms with Gasteiger partial charge in [-0.05, 0) is 55.3 Å². The molecule has 7 nitrogen and oxygen atoms in total. The van der Waals surface area contributed by atoms with Gasteiger partial charge in [-0.15, -0.1) is 11.8 Å². The summed E-state index contributed by atoms with van der Waals surface area (Å²) in [6.07, 6.45) is 2.04. The second-order valence-electron chi connectivity index (χ2n) is 8.68. The number of methoxy groups -OCH3 is 2. The number of ether oxygens (including phenoxy) is 2. The van der Waals surface area contributed by atoms with Gasteiger partial charge >= 0.3 is 0 Å². The number of hydrogen-bond acceptors (Lipinski definition) is 5. The molecule has 0 bridgehead atoms. The number of aryl methyl sites for hydroxylation is 2. The van der Waals surface area contributed by atoms with Gasteiger partial charge in [0, 0.05) is 46.3 Å². The second-order valence-corrected chi connectivity index (χ2v) is 9.70. The summed E-state index contributed by atoms with van der Waals surface area (Å²) in [5.74, 6) is 1.16. The molecule has 0 atom stereocenters. The van der Waals surface area contributed by atoms with E-state index in [1.54, 1.807) is 32.4 Å². The largest absolute Gasteiger partial charge is 0.493 e. The molecule has 0 aliphatic carbocycles. The Kier molecular flexibility index (Phi) is 8.40. The topological polar surface area (TPSA) is 81.6 Å². The van der Waals surface area contributed by atoms with Gasteiger partial charge in [0.25, 0.3) is 5.91 Å². The molecule has 192 valence electrons. The van der Waals surface area contributed by atoms with Crippen LogP contribution in [0.3, 0.4) is 0 Å². The Bertz CT molecular complexity index is 1430. The molecule has 0 unspecified atom stereocenters. The van der Waals surface area contributed by atoms with Crippen LogP contribution in [-0.2, 0) is 11.3 Å². The summed E-state index contributed by atoms with van der Waals surface area (Å²) in [5.41, 5.74) is 4.55. The minimum atomic E-state index is -0.185. The zero-order valence-electron chi connectivity index (χ0n) is 21.5.